The molecule has 0 bridgehead atoms. The predicted octanol–water partition coefficient (Wildman–Crippen LogP) is 3.43. The van der Waals surface area contributed by atoms with Gasteiger partial charge >= 0.3 is 5.97 Å². The Kier molecular flexibility index (Phi) is 6.77. The van der Waals surface area contributed by atoms with Gasteiger partial charge in [-0.05, 0) is 31.0 Å². The Morgan fingerprint density at radius 2 is 1.60 bits per heavy atom. The first-order valence-electron chi connectivity index (χ1n) is 7.22. The SMILES string of the molecule is CCCCN(CCCC)C(=O)c1cccc(C(=O)O)c1. The Hall–Kier alpha value is -1.84. The van der Waals surface area contributed by atoms with E-state index in [4.69, 9.17) is 5.11 Å². The van der Waals surface area contributed by atoms with E-state index in [1.54, 1.807) is 12.1 Å². The lowest BCUT2D eigenvalue weighted by molar-refractivity contribution is 0.0697. The van der Waals surface area contributed by atoms with Gasteiger partial charge in [0.2, 0.25) is 0 Å². The highest BCUT2D eigenvalue weighted by atomic mass is 16.4. The summed E-state index contributed by atoms with van der Waals surface area (Å²) in [5, 5.41) is 8.99. The number of carbonyl (C=O) groups excluding carboxylic acids is 1. The molecule has 0 saturated carbocycles. The highest BCUT2D eigenvalue weighted by molar-refractivity contribution is 5.97. The van der Waals surface area contributed by atoms with Crippen molar-refractivity contribution in [2.24, 2.45) is 0 Å². The molecule has 4 heteroatoms. The second-order valence-electron chi connectivity index (χ2n) is 4.89. The summed E-state index contributed by atoms with van der Waals surface area (Å²) in [4.78, 5) is 25.3. The maximum Gasteiger partial charge on any atom is 0.335 e. The Labute approximate surface area is 120 Å². The van der Waals surface area contributed by atoms with Gasteiger partial charge in [-0.2, -0.15) is 0 Å². The number of unbranched alkanes of at least 4 members (excludes halogenated alkanes) is 2. The third-order valence-corrected chi connectivity index (χ3v) is 3.21. The number of carboxylic acids is 1. The Bertz CT molecular complexity index is 449. The molecule has 1 N–H and O–H groups in total. The number of benzene rings is 1. The van der Waals surface area contributed by atoms with Gasteiger partial charge in [-0.15, -0.1) is 0 Å². The fourth-order valence-electron chi connectivity index (χ4n) is 1.98. The molecule has 0 aromatic heterocycles. The normalized spacial score (nSPS) is 10.3. The molecule has 1 amide bonds. The molecule has 0 aliphatic carbocycles. The Balaban J connectivity index is 2.86. The van der Waals surface area contributed by atoms with Crippen LogP contribution in [-0.2, 0) is 0 Å². The zero-order chi connectivity index (χ0) is 15.0. The molecular weight excluding hydrogens is 254 g/mol. The molecule has 0 unspecified atom stereocenters. The van der Waals surface area contributed by atoms with E-state index in [0.29, 0.717) is 5.56 Å². The van der Waals surface area contributed by atoms with Crippen molar-refractivity contribution in [2.75, 3.05) is 13.1 Å². The van der Waals surface area contributed by atoms with Crippen LogP contribution >= 0.6 is 0 Å². The number of hydrogen-bond acceptors (Lipinski definition) is 2. The molecule has 0 atom stereocenters. The van der Waals surface area contributed by atoms with E-state index < -0.39 is 5.97 Å². The predicted molar refractivity (Wildman–Crippen MR) is 79.1 cm³/mol. The van der Waals surface area contributed by atoms with Crippen LogP contribution in [0.25, 0.3) is 0 Å². The van der Waals surface area contributed by atoms with Gasteiger partial charge in [-0.3, -0.25) is 4.79 Å². The first-order chi connectivity index (χ1) is 9.60. The van der Waals surface area contributed by atoms with E-state index in [1.165, 1.54) is 12.1 Å². The van der Waals surface area contributed by atoms with Gasteiger partial charge in [-0.1, -0.05) is 32.8 Å². The minimum atomic E-state index is -1.01. The van der Waals surface area contributed by atoms with Gasteiger partial charge in [0.15, 0.2) is 0 Å². The van der Waals surface area contributed by atoms with E-state index in [0.717, 1.165) is 38.8 Å². The minimum absolute atomic E-state index is 0.0741. The van der Waals surface area contributed by atoms with Crippen LogP contribution in [0.2, 0.25) is 0 Å². The highest BCUT2D eigenvalue weighted by Crippen LogP contribution is 2.11. The van der Waals surface area contributed by atoms with Gasteiger partial charge in [0.05, 0.1) is 5.56 Å². The van der Waals surface area contributed by atoms with E-state index >= 15 is 0 Å². The number of carboxylic acid groups (broad SMARTS) is 1. The van der Waals surface area contributed by atoms with Crippen molar-refractivity contribution in [1.29, 1.82) is 0 Å². The summed E-state index contributed by atoms with van der Waals surface area (Å²) in [5.41, 5.74) is 0.610. The van der Waals surface area contributed by atoms with Crippen molar-refractivity contribution in [2.45, 2.75) is 39.5 Å². The second kappa shape index (κ2) is 8.35. The number of amides is 1. The van der Waals surface area contributed by atoms with E-state index in [9.17, 15) is 9.59 Å². The molecule has 4 nitrogen and oxygen atoms in total. The highest BCUT2D eigenvalue weighted by Gasteiger charge is 2.16. The summed E-state index contributed by atoms with van der Waals surface area (Å²) >= 11 is 0. The van der Waals surface area contributed by atoms with Gasteiger partial charge in [0.25, 0.3) is 5.91 Å². The van der Waals surface area contributed by atoms with Crippen molar-refractivity contribution >= 4 is 11.9 Å². The molecule has 1 rings (SSSR count). The number of rotatable bonds is 8. The number of aromatic carboxylic acids is 1. The smallest absolute Gasteiger partial charge is 0.335 e. The molecule has 110 valence electrons. The van der Waals surface area contributed by atoms with Crippen LogP contribution in [-0.4, -0.2) is 35.0 Å². The number of nitrogens with zero attached hydrogens (tertiary/aromatic N) is 1. The molecule has 1 aromatic rings. The van der Waals surface area contributed by atoms with E-state index in [-0.39, 0.29) is 11.5 Å². The van der Waals surface area contributed by atoms with Gasteiger partial charge in [0.1, 0.15) is 0 Å². The van der Waals surface area contributed by atoms with Crippen molar-refractivity contribution in [3.05, 3.63) is 35.4 Å². The maximum atomic E-state index is 12.5. The summed E-state index contributed by atoms with van der Waals surface area (Å²) in [6.07, 6.45) is 4.00. The summed E-state index contributed by atoms with van der Waals surface area (Å²) in [5.74, 6) is -1.08. The fraction of sp³-hybridized carbons (Fsp3) is 0.500. The Morgan fingerprint density at radius 1 is 1.05 bits per heavy atom. The molecule has 0 fully saturated rings. The van der Waals surface area contributed by atoms with Crippen LogP contribution in [0.1, 0.15) is 60.2 Å². The van der Waals surface area contributed by atoms with Gasteiger partial charge in [0, 0.05) is 18.7 Å². The molecule has 0 saturated heterocycles. The summed E-state index contributed by atoms with van der Waals surface area (Å²) in [6.45, 7) is 5.64. The van der Waals surface area contributed by atoms with Gasteiger partial charge < -0.3 is 10.0 Å². The standard InChI is InChI=1S/C16H23NO3/c1-3-5-10-17(11-6-4-2)15(18)13-8-7-9-14(12-13)16(19)20/h7-9,12H,3-6,10-11H2,1-2H3,(H,19,20). The maximum absolute atomic E-state index is 12.5. The summed E-state index contributed by atoms with van der Waals surface area (Å²) in [6, 6.07) is 6.26. The van der Waals surface area contributed by atoms with Crippen LogP contribution in [0.5, 0.6) is 0 Å². The molecule has 1 aromatic carbocycles. The van der Waals surface area contributed by atoms with Crippen LogP contribution in [0.15, 0.2) is 24.3 Å². The second-order valence-corrected chi connectivity index (χ2v) is 4.89. The third-order valence-electron chi connectivity index (χ3n) is 3.21. The first-order valence-corrected chi connectivity index (χ1v) is 7.22. The molecule has 20 heavy (non-hydrogen) atoms. The van der Waals surface area contributed by atoms with Crippen molar-refractivity contribution in [1.82, 2.24) is 4.90 Å². The quantitative estimate of drug-likeness (QED) is 0.792. The average molecular weight is 277 g/mol. The molecule has 0 radical (unpaired) electrons. The molecular formula is C16H23NO3. The topological polar surface area (TPSA) is 57.6 Å². The van der Waals surface area contributed by atoms with Crippen LogP contribution in [0.3, 0.4) is 0 Å². The third kappa shape index (κ3) is 4.68. The molecule has 0 heterocycles. The van der Waals surface area contributed by atoms with Crippen molar-refractivity contribution < 1.29 is 14.7 Å². The molecule has 0 aliphatic rings. The zero-order valence-corrected chi connectivity index (χ0v) is 12.3. The lowest BCUT2D eigenvalue weighted by Gasteiger charge is -2.22. The first kappa shape index (κ1) is 16.2. The van der Waals surface area contributed by atoms with Crippen LogP contribution in [0.4, 0.5) is 0 Å². The monoisotopic (exact) mass is 277 g/mol. The van der Waals surface area contributed by atoms with Crippen molar-refractivity contribution in [3.8, 4) is 0 Å². The lowest BCUT2D eigenvalue weighted by atomic mass is 10.1. The minimum Gasteiger partial charge on any atom is -0.478 e. The average Bonchev–Trinajstić information content (AvgIpc) is 2.47. The van der Waals surface area contributed by atoms with E-state index in [1.807, 2.05) is 4.90 Å². The van der Waals surface area contributed by atoms with Crippen LogP contribution < -0.4 is 0 Å². The van der Waals surface area contributed by atoms with Crippen LogP contribution in [0, 0.1) is 0 Å². The summed E-state index contributed by atoms with van der Waals surface area (Å²) < 4.78 is 0. The fourth-order valence-corrected chi connectivity index (χ4v) is 1.98. The Morgan fingerprint density at radius 3 is 2.10 bits per heavy atom. The number of carbonyl (C=O) groups is 2. The zero-order valence-electron chi connectivity index (χ0n) is 12.3. The van der Waals surface area contributed by atoms with Gasteiger partial charge in [-0.25, -0.2) is 4.79 Å². The molecule has 0 aliphatic heterocycles. The largest absolute Gasteiger partial charge is 0.478 e. The lowest BCUT2D eigenvalue weighted by Crippen LogP contribution is -2.33. The van der Waals surface area contributed by atoms with E-state index in [2.05, 4.69) is 13.8 Å². The summed E-state index contributed by atoms with van der Waals surface area (Å²) in [7, 11) is 0. The van der Waals surface area contributed by atoms with Crippen molar-refractivity contribution in [3.63, 3.8) is 0 Å². The number of hydrogen-bond donors (Lipinski definition) is 1. The molecule has 0 spiro atoms.